The summed E-state index contributed by atoms with van der Waals surface area (Å²) in [5.74, 6) is -0.299. The molecule has 2 bridgehead atoms. The summed E-state index contributed by atoms with van der Waals surface area (Å²) < 4.78 is 44.0. The number of anilines is 2. The van der Waals surface area contributed by atoms with E-state index in [1.807, 2.05) is 13.8 Å². The lowest BCUT2D eigenvalue weighted by Gasteiger charge is -2.38. The van der Waals surface area contributed by atoms with Crippen molar-refractivity contribution in [1.29, 1.82) is 5.41 Å². The van der Waals surface area contributed by atoms with E-state index in [4.69, 9.17) is 15.0 Å². The summed E-state index contributed by atoms with van der Waals surface area (Å²) >= 11 is 0. The number of fused-ring (bicyclic) bond motifs is 2. The van der Waals surface area contributed by atoms with Crippen LogP contribution in [0.2, 0.25) is 0 Å². The van der Waals surface area contributed by atoms with Crippen LogP contribution >= 0.6 is 0 Å². The molecule has 2 aliphatic heterocycles. The molecule has 178 valence electrons. The number of aromatic nitrogens is 2. The summed E-state index contributed by atoms with van der Waals surface area (Å²) in [6.45, 7) is 4.04. The fraction of sp³-hybridized carbons (Fsp3) is 0.500. The standard InChI is InChI=1S/C22H28FN5O4S/c1-13(2)32-28-14-4-5-15(28)9-16(8-14)31-22-18(11-24)21(25-12-26-22)27-20-7-6-17(10-19(20)23)33(3,29)30/h6-7,10-16,24H,4-5,8-9H2,1-3H3,(H,25,26,27). The van der Waals surface area contributed by atoms with Gasteiger partial charge in [-0.15, -0.1) is 0 Å². The molecule has 3 heterocycles. The maximum absolute atomic E-state index is 14.5. The first kappa shape index (κ1) is 23.5. The largest absolute Gasteiger partial charge is 0.474 e. The van der Waals surface area contributed by atoms with Crippen molar-refractivity contribution in [1.82, 2.24) is 15.0 Å². The van der Waals surface area contributed by atoms with Crippen LogP contribution in [0.1, 0.15) is 45.1 Å². The number of nitrogens with zero attached hydrogens (tertiary/aromatic N) is 3. The van der Waals surface area contributed by atoms with Gasteiger partial charge < -0.3 is 15.5 Å². The summed E-state index contributed by atoms with van der Waals surface area (Å²) in [7, 11) is -3.53. The number of hydroxylamine groups is 2. The zero-order valence-electron chi connectivity index (χ0n) is 18.8. The molecule has 11 heteroatoms. The third-order valence-corrected chi connectivity index (χ3v) is 6.96. The van der Waals surface area contributed by atoms with Crippen LogP contribution in [0, 0.1) is 11.2 Å². The third-order valence-electron chi connectivity index (χ3n) is 5.85. The van der Waals surface area contributed by atoms with Crippen LogP contribution in [-0.2, 0) is 14.7 Å². The van der Waals surface area contributed by atoms with Crippen LogP contribution < -0.4 is 10.1 Å². The molecule has 2 fully saturated rings. The molecule has 0 spiro atoms. The van der Waals surface area contributed by atoms with Crippen molar-refractivity contribution in [2.75, 3.05) is 11.6 Å². The van der Waals surface area contributed by atoms with Crippen molar-refractivity contribution in [3.63, 3.8) is 0 Å². The van der Waals surface area contributed by atoms with E-state index in [-0.39, 0.29) is 52.1 Å². The molecule has 0 amide bonds. The first-order valence-electron chi connectivity index (χ1n) is 10.9. The maximum Gasteiger partial charge on any atom is 0.227 e. The summed E-state index contributed by atoms with van der Waals surface area (Å²) in [6.07, 6.45) is 7.08. The first-order chi connectivity index (χ1) is 15.7. The van der Waals surface area contributed by atoms with Crippen molar-refractivity contribution >= 4 is 27.6 Å². The lowest BCUT2D eigenvalue weighted by Crippen LogP contribution is -2.47. The van der Waals surface area contributed by atoms with Crippen LogP contribution in [0.25, 0.3) is 0 Å². The molecule has 0 radical (unpaired) electrons. The molecule has 2 aliphatic rings. The molecular formula is C22H28FN5O4S. The van der Waals surface area contributed by atoms with Crippen LogP contribution in [0.3, 0.4) is 0 Å². The Labute approximate surface area is 192 Å². The monoisotopic (exact) mass is 477 g/mol. The van der Waals surface area contributed by atoms with Gasteiger partial charge in [0, 0.05) is 37.4 Å². The van der Waals surface area contributed by atoms with E-state index in [0.29, 0.717) is 0 Å². The molecule has 9 nitrogen and oxygen atoms in total. The van der Waals surface area contributed by atoms with Gasteiger partial charge in [-0.25, -0.2) is 22.8 Å². The van der Waals surface area contributed by atoms with Gasteiger partial charge in [-0.3, -0.25) is 4.84 Å². The Morgan fingerprint density at radius 1 is 1.24 bits per heavy atom. The minimum atomic E-state index is -3.53. The van der Waals surface area contributed by atoms with Crippen molar-refractivity contribution in [3.05, 3.63) is 35.9 Å². The molecule has 0 aliphatic carbocycles. The Kier molecular flexibility index (Phi) is 6.64. The topological polar surface area (TPSA) is 118 Å². The first-order valence-corrected chi connectivity index (χ1v) is 12.8. The SMILES string of the molecule is CC(C)ON1C2CCC1CC(Oc1ncnc(Nc3ccc(S(C)(=O)=O)cc3F)c1C=N)C2. The highest BCUT2D eigenvalue weighted by Gasteiger charge is 2.43. The van der Waals surface area contributed by atoms with Gasteiger partial charge in [-0.05, 0) is 44.9 Å². The van der Waals surface area contributed by atoms with E-state index >= 15 is 0 Å². The molecule has 33 heavy (non-hydrogen) atoms. The average molecular weight is 478 g/mol. The number of sulfone groups is 1. The summed E-state index contributed by atoms with van der Waals surface area (Å²) in [4.78, 5) is 14.2. The predicted octanol–water partition coefficient (Wildman–Crippen LogP) is 3.47. The Morgan fingerprint density at radius 2 is 1.94 bits per heavy atom. The Balaban J connectivity index is 1.51. The van der Waals surface area contributed by atoms with E-state index in [2.05, 4.69) is 20.3 Å². The second-order valence-corrected chi connectivity index (χ2v) is 10.8. The van der Waals surface area contributed by atoms with E-state index in [9.17, 15) is 12.8 Å². The molecule has 1 aromatic heterocycles. The number of piperidine rings is 1. The zero-order valence-corrected chi connectivity index (χ0v) is 19.6. The number of ether oxygens (including phenoxy) is 1. The van der Waals surface area contributed by atoms with Crippen molar-refractivity contribution < 1.29 is 22.4 Å². The molecule has 1 aromatic carbocycles. The van der Waals surface area contributed by atoms with Crippen molar-refractivity contribution in [3.8, 4) is 5.88 Å². The number of rotatable bonds is 8. The molecule has 4 rings (SSSR count). The van der Waals surface area contributed by atoms with Gasteiger partial charge in [0.1, 0.15) is 24.1 Å². The zero-order chi connectivity index (χ0) is 23.8. The summed E-state index contributed by atoms with van der Waals surface area (Å²) in [6, 6.07) is 4.14. The average Bonchev–Trinajstić information content (AvgIpc) is 2.96. The molecule has 0 saturated carbocycles. The highest BCUT2D eigenvalue weighted by atomic mass is 32.2. The minimum absolute atomic E-state index is 0.0346. The molecule has 2 aromatic rings. The van der Waals surface area contributed by atoms with Crippen LogP contribution in [-0.4, -0.2) is 60.2 Å². The highest BCUT2D eigenvalue weighted by Crippen LogP contribution is 2.38. The molecule has 2 atom stereocenters. The lowest BCUT2D eigenvalue weighted by atomic mass is 10.0. The van der Waals surface area contributed by atoms with E-state index in [0.717, 1.165) is 44.2 Å². The Bertz CT molecular complexity index is 1130. The second-order valence-electron chi connectivity index (χ2n) is 8.73. The maximum atomic E-state index is 14.5. The second kappa shape index (κ2) is 9.32. The molecule has 2 N–H and O–H groups in total. The van der Waals surface area contributed by atoms with E-state index in [1.54, 1.807) is 0 Å². The number of benzene rings is 1. The number of halogens is 1. The van der Waals surface area contributed by atoms with Gasteiger partial charge in [0.25, 0.3) is 0 Å². The molecule has 2 saturated heterocycles. The fourth-order valence-corrected chi connectivity index (χ4v) is 5.04. The van der Waals surface area contributed by atoms with E-state index < -0.39 is 15.7 Å². The van der Waals surface area contributed by atoms with Gasteiger partial charge in [0.05, 0.1) is 22.3 Å². The fourth-order valence-electron chi connectivity index (χ4n) is 4.41. The van der Waals surface area contributed by atoms with Crippen LogP contribution in [0.5, 0.6) is 5.88 Å². The smallest absolute Gasteiger partial charge is 0.227 e. The van der Waals surface area contributed by atoms with Gasteiger partial charge >= 0.3 is 0 Å². The van der Waals surface area contributed by atoms with Crippen LogP contribution in [0.4, 0.5) is 15.9 Å². The lowest BCUT2D eigenvalue weighted by molar-refractivity contribution is -0.236. The Hall–Kier alpha value is -2.63. The van der Waals surface area contributed by atoms with Crippen molar-refractivity contribution in [2.24, 2.45) is 0 Å². The molecule has 2 unspecified atom stereocenters. The highest BCUT2D eigenvalue weighted by molar-refractivity contribution is 7.90. The van der Waals surface area contributed by atoms with Gasteiger partial charge in [-0.2, -0.15) is 5.06 Å². The number of nitrogens with one attached hydrogen (secondary N) is 2. The minimum Gasteiger partial charge on any atom is -0.474 e. The van der Waals surface area contributed by atoms with Gasteiger partial charge in [0.15, 0.2) is 9.84 Å². The van der Waals surface area contributed by atoms with Crippen LogP contribution in [0.15, 0.2) is 29.4 Å². The predicted molar refractivity (Wildman–Crippen MR) is 121 cm³/mol. The third kappa shape index (κ3) is 5.15. The van der Waals surface area contributed by atoms with Crippen molar-refractivity contribution in [2.45, 2.75) is 68.7 Å². The normalized spacial score (nSPS) is 23.0. The van der Waals surface area contributed by atoms with Gasteiger partial charge in [0.2, 0.25) is 5.88 Å². The number of hydrogen-bond donors (Lipinski definition) is 2. The number of hydrogen-bond acceptors (Lipinski definition) is 9. The quantitative estimate of drug-likeness (QED) is 0.555. The summed E-state index contributed by atoms with van der Waals surface area (Å²) in [5, 5.41) is 12.8. The van der Waals surface area contributed by atoms with E-state index in [1.165, 1.54) is 18.5 Å². The van der Waals surface area contributed by atoms with Gasteiger partial charge in [-0.1, -0.05) is 0 Å². The summed E-state index contributed by atoms with van der Waals surface area (Å²) in [5.41, 5.74) is 0.324. The molecular weight excluding hydrogens is 449 g/mol. The Morgan fingerprint density at radius 3 is 2.52 bits per heavy atom.